The number of amides is 1. The summed E-state index contributed by atoms with van der Waals surface area (Å²) in [4.78, 5) is 25.1. The Balaban J connectivity index is 1.63. The highest BCUT2D eigenvalue weighted by Gasteiger charge is 2.14. The quantitative estimate of drug-likeness (QED) is 0.461. The van der Waals surface area contributed by atoms with Crippen molar-refractivity contribution in [1.29, 1.82) is 0 Å². The van der Waals surface area contributed by atoms with E-state index in [0.29, 0.717) is 24.3 Å². The molecule has 0 aliphatic heterocycles. The molecule has 28 heavy (non-hydrogen) atoms. The summed E-state index contributed by atoms with van der Waals surface area (Å²) in [5, 5.41) is 0. The molecule has 0 unspecified atom stereocenters. The van der Waals surface area contributed by atoms with Crippen LogP contribution < -0.4 is 9.47 Å². The predicted octanol–water partition coefficient (Wildman–Crippen LogP) is 3.20. The number of carbonyl (C=O) groups is 2. The van der Waals surface area contributed by atoms with E-state index >= 15 is 0 Å². The van der Waals surface area contributed by atoms with Gasteiger partial charge in [0.2, 0.25) is 0 Å². The fourth-order valence-corrected chi connectivity index (χ4v) is 2.37. The Morgan fingerprint density at radius 3 is 2.39 bits per heavy atom. The van der Waals surface area contributed by atoms with Gasteiger partial charge in [-0.3, -0.25) is 9.59 Å². The summed E-state index contributed by atoms with van der Waals surface area (Å²) in [6, 6.07) is 13.4. The highest BCUT2D eigenvalue weighted by atomic mass is 19.1. The van der Waals surface area contributed by atoms with E-state index in [-0.39, 0.29) is 25.4 Å². The maximum absolute atomic E-state index is 13.6. The molecule has 7 heteroatoms. The van der Waals surface area contributed by atoms with E-state index in [0.717, 1.165) is 5.75 Å². The molecular weight excluding hydrogens is 365 g/mol. The molecule has 0 aliphatic rings. The highest BCUT2D eigenvalue weighted by molar-refractivity contribution is 5.80. The number of methoxy groups -OCH3 is 1. The number of carbonyl (C=O) groups excluding carboxylic acids is 2. The molecule has 0 aromatic heterocycles. The number of halogens is 1. The van der Waals surface area contributed by atoms with Crippen LogP contribution in [0.4, 0.5) is 4.39 Å². The number of benzene rings is 2. The van der Waals surface area contributed by atoms with Crippen LogP contribution in [0.3, 0.4) is 0 Å². The van der Waals surface area contributed by atoms with Crippen LogP contribution in [0.1, 0.15) is 18.4 Å². The minimum absolute atomic E-state index is 0.110. The second kappa shape index (κ2) is 10.9. The van der Waals surface area contributed by atoms with Gasteiger partial charge in [0.1, 0.15) is 17.3 Å². The van der Waals surface area contributed by atoms with E-state index in [9.17, 15) is 14.0 Å². The zero-order valence-corrected chi connectivity index (χ0v) is 16.0. The lowest BCUT2D eigenvalue weighted by Gasteiger charge is -2.17. The molecule has 0 saturated carbocycles. The Labute approximate surface area is 163 Å². The number of hydrogen-bond acceptors (Lipinski definition) is 5. The smallest absolute Gasteiger partial charge is 0.306 e. The number of esters is 1. The summed E-state index contributed by atoms with van der Waals surface area (Å²) in [5.74, 6) is 0.160. The van der Waals surface area contributed by atoms with Crippen molar-refractivity contribution in [3.05, 3.63) is 59.9 Å². The van der Waals surface area contributed by atoms with Gasteiger partial charge in [-0.15, -0.1) is 0 Å². The van der Waals surface area contributed by atoms with Crippen molar-refractivity contribution in [2.75, 3.05) is 27.4 Å². The van der Waals surface area contributed by atoms with E-state index in [1.54, 1.807) is 49.6 Å². The van der Waals surface area contributed by atoms with Gasteiger partial charge < -0.3 is 19.1 Å². The first-order chi connectivity index (χ1) is 13.5. The fourth-order valence-electron chi connectivity index (χ4n) is 2.37. The molecule has 0 bridgehead atoms. The molecule has 0 atom stereocenters. The number of hydrogen-bond donors (Lipinski definition) is 0. The molecule has 2 aromatic rings. The van der Waals surface area contributed by atoms with Crippen LogP contribution in [-0.2, 0) is 20.9 Å². The van der Waals surface area contributed by atoms with Gasteiger partial charge in [0.05, 0.1) is 13.7 Å². The van der Waals surface area contributed by atoms with Crippen LogP contribution >= 0.6 is 0 Å². The Morgan fingerprint density at radius 2 is 1.71 bits per heavy atom. The second-order valence-electron chi connectivity index (χ2n) is 6.13. The molecule has 0 aliphatic carbocycles. The molecule has 2 rings (SSSR count). The lowest BCUT2D eigenvalue weighted by Crippen LogP contribution is -2.31. The summed E-state index contributed by atoms with van der Waals surface area (Å²) in [7, 11) is 3.12. The van der Waals surface area contributed by atoms with Gasteiger partial charge in [0.25, 0.3) is 5.91 Å². The van der Waals surface area contributed by atoms with Gasteiger partial charge in [-0.1, -0.05) is 18.2 Å². The minimum Gasteiger partial charge on any atom is -0.497 e. The van der Waals surface area contributed by atoms with Crippen LogP contribution in [-0.4, -0.2) is 44.1 Å². The first-order valence-electron chi connectivity index (χ1n) is 8.89. The molecule has 0 fully saturated rings. The van der Waals surface area contributed by atoms with E-state index in [1.165, 1.54) is 18.0 Å². The summed E-state index contributed by atoms with van der Waals surface area (Å²) >= 11 is 0. The van der Waals surface area contributed by atoms with Crippen molar-refractivity contribution in [2.45, 2.75) is 19.4 Å². The normalized spacial score (nSPS) is 10.2. The van der Waals surface area contributed by atoms with Crippen molar-refractivity contribution < 1.29 is 28.2 Å². The van der Waals surface area contributed by atoms with E-state index < -0.39 is 11.9 Å². The zero-order chi connectivity index (χ0) is 20.4. The summed E-state index contributed by atoms with van der Waals surface area (Å²) in [5.41, 5.74) is 0.403. The molecule has 150 valence electrons. The average Bonchev–Trinajstić information content (AvgIpc) is 2.71. The molecule has 0 radical (unpaired) electrons. The average molecular weight is 389 g/mol. The van der Waals surface area contributed by atoms with Gasteiger partial charge in [0.15, 0.2) is 6.61 Å². The third-order valence-corrected chi connectivity index (χ3v) is 4.00. The minimum atomic E-state index is -0.481. The molecule has 2 aromatic carbocycles. The number of rotatable bonds is 10. The van der Waals surface area contributed by atoms with Crippen molar-refractivity contribution in [1.82, 2.24) is 4.90 Å². The second-order valence-corrected chi connectivity index (χ2v) is 6.13. The third-order valence-electron chi connectivity index (χ3n) is 4.00. The molecule has 0 saturated heterocycles. The Morgan fingerprint density at radius 1 is 1.04 bits per heavy atom. The first kappa shape index (κ1) is 21.2. The van der Waals surface area contributed by atoms with Crippen LogP contribution in [0.5, 0.6) is 11.5 Å². The molecule has 0 N–H and O–H groups in total. The lowest BCUT2D eigenvalue weighted by atomic mass is 10.2. The van der Waals surface area contributed by atoms with Crippen LogP contribution in [0.2, 0.25) is 0 Å². The Bertz CT molecular complexity index is 779. The van der Waals surface area contributed by atoms with Crippen molar-refractivity contribution >= 4 is 11.9 Å². The van der Waals surface area contributed by atoms with Gasteiger partial charge in [-0.2, -0.15) is 0 Å². The molecular formula is C21H24FNO5. The fraction of sp³-hybridized carbons (Fsp3) is 0.333. The maximum atomic E-state index is 13.6. The summed E-state index contributed by atoms with van der Waals surface area (Å²) < 4.78 is 29.2. The van der Waals surface area contributed by atoms with Crippen LogP contribution in [0.25, 0.3) is 0 Å². The SMILES string of the molecule is COc1ccc(OCCCC(=O)OCC(=O)N(C)Cc2ccccc2F)cc1. The van der Waals surface area contributed by atoms with Crippen molar-refractivity contribution in [3.63, 3.8) is 0 Å². The van der Waals surface area contributed by atoms with E-state index in [1.807, 2.05) is 0 Å². The molecule has 0 heterocycles. The molecule has 0 spiro atoms. The van der Waals surface area contributed by atoms with Crippen LogP contribution in [0.15, 0.2) is 48.5 Å². The standard InChI is InChI=1S/C21H24FNO5/c1-23(14-16-6-3-4-7-19(16)22)20(24)15-28-21(25)8-5-13-27-18-11-9-17(26-2)10-12-18/h3-4,6-7,9-12H,5,8,13-15H2,1-2H3. The van der Waals surface area contributed by atoms with Crippen molar-refractivity contribution in [3.8, 4) is 11.5 Å². The predicted molar refractivity (Wildman–Crippen MR) is 102 cm³/mol. The topological polar surface area (TPSA) is 65.1 Å². The number of likely N-dealkylation sites (N-methyl/N-ethyl adjacent to an activating group) is 1. The number of ether oxygens (including phenoxy) is 3. The Kier molecular flexibility index (Phi) is 8.27. The largest absolute Gasteiger partial charge is 0.497 e. The first-order valence-corrected chi connectivity index (χ1v) is 8.89. The monoisotopic (exact) mass is 389 g/mol. The number of nitrogens with zero attached hydrogens (tertiary/aromatic N) is 1. The van der Waals surface area contributed by atoms with E-state index in [2.05, 4.69) is 0 Å². The Hall–Kier alpha value is -3.09. The lowest BCUT2D eigenvalue weighted by molar-refractivity contribution is -0.151. The molecule has 6 nitrogen and oxygen atoms in total. The van der Waals surface area contributed by atoms with Gasteiger partial charge in [-0.25, -0.2) is 4.39 Å². The molecule has 1 amide bonds. The van der Waals surface area contributed by atoms with Gasteiger partial charge in [-0.05, 0) is 36.8 Å². The van der Waals surface area contributed by atoms with Crippen LogP contribution in [0, 0.1) is 5.82 Å². The highest BCUT2D eigenvalue weighted by Crippen LogP contribution is 2.17. The summed E-state index contributed by atoms with van der Waals surface area (Å²) in [6.45, 7) is 0.0877. The van der Waals surface area contributed by atoms with Crippen molar-refractivity contribution in [2.24, 2.45) is 0 Å². The van der Waals surface area contributed by atoms with Gasteiger partial charge in [0, 0.05) is 25.6 Å². The zero-order valence-electron chi connectivity index (χ0n) is 16.0. The van der Waals surface area contributed by atoms with E-state index in [4.69, 9.17) is 14.2 Å². The van der Waals surface area contributed by atoms with Gasteiger partial charge >= 0.3 is 5.97 Å². The third kappa shape index (κ3) is 6.90. The maximum Gasteiger partial charge on any atom is 0.306 e. The summed E-state index contributed by atoms with van der Waals surface area (Å²) in [6.07, 6.45) is 0.602.